The van der Waals surface area contributed by atoms with Crippen molar-refractivity contribution in [3.63, 3.8) is 0 Å². The molecule has 1 aromatic carbocycles. The van der Waals surface area contributed by atoms with E-state index in [1.54, 1.807) is 6.20 Å². The number of para-hydroxylation sites is 1. The number of aromatic nitrogens is 3. The van der Waals surface area contributed by atoms with Gasteiger partial charge in [0.15, 0.2) is 6.10 Å². The molecule has 3 rings (SSSR count). The molecule has 1 N–H and O–H groups in total. The molecule has 2 aromatic heterocycles. The van der Waals surface area contributed by atoms with Crippen LogP contribution in [0.25, 0.3) is 10.9 Å². The maximum Gasteiger partial charge on any atom is 0.328 e. The molecule has 3 aromatic rings. The zero-order valence-corrected chi connectivity index (χ0v) is 15.1. The van der Waals surface area contributed by atoms with Crippen molar-refractivity contribution >= 4 is 28.3 Å². The molecular formula is C18H18N4O5. The minimum absolute atomic E-state index is 0.134. The number of esters is 1. The molecule has 0 saturated carbocycles. The highest BCUT2D eigenvalue weighted by Crippen LogP contribution is 2.22. The van der Waals surface area contributed by atoms with Crippen molar-refractivity contribution in [2.24, 2.45) is 0 Å². The summed E-state index contributed by atoms with van der Waals surface area (Å²) in [4.78, 5) is 38.3. The van der Waals surface area contributed by atoms with E-state index in [4.69, 9.17) is 4.74 Å². The monoisotopic (exact) mass is 370 g/mol. The molecule has 0 radical (unpaired) electrons. The first-order valence-corrected chi connectivity index (χ1v) is 8.27. The van der Waals surface area contributed by atoms with Gasteiger partial charge >= 0.3 is 11.7 Å². The molecule has 0 fully saturated rings. The Hall–Kier alpha value is -3.49. The summed E-state index contributed by atoms with van der Waals surface area (Å²) < 4.78 is 6.43. The van der Waals surface area contributed by atoms with Crippen LogP contribution in [0.15, 0.2) is 30.5 Å². The molecule has 2 heterocycles. The Balaban J connectivity index is 1.72. The number of carbonyl (C=O) groups is 2. The lowest BCUT2D eigenvalue weighted by Crippen LogP contribution is -2.27. The van der Waals surface area contributed by atoms with E-state index >= 15 is 0 Å². The lowest BCUT2D eigenvalue weighted by molar-refractivity contribution is -0.386. The summed E-state index contributed by atoms with van der Waals surface area (Å²) in [6.45, 7) is 4.18. The SMILES string of the molecule is Cc1nn(CC(=O)O[C@@H](C)C(=O)c2c[nH]c3ccccc23)c(C)c1[N+](=O)[O-]. The van der Waals surface area contributed by atoms with Crippen LogP contribution in [0.2, 0.25) is 0 Å². The van der Waals surface area contributed by atoms with Gasteiger partial charge in [0, 0.05) is 22.7 Å². The first kappa shape index (κ1) is 18.3. The topological polar surface area (TPSA) is 120 Å². The largest absolute Gasteiger partial charge is 0.453 e. The molecule has 0 amide bonds. The van der Waals surface area contributed by atoms with E-state index in [-0.39, 0.29) is 29.4 Å². The van der Waals surface area contributed by atoms with E-state index in [0.29, 0.717) is 5.56 Å². The fourth-order valence-electron chi connectivity index (χ4n) is 3.01. The first-order valence-electron chi connectivity index (χ1n) is 8.27. The number of fused-ring (bicyclic) bond motifs is 1. The molecule has 0 bridgehead atoms. The molecule has 1 atom stereocenters. The van der Waals surface area contributed by atoms with Crippen molar-refractivity contribution in [2.45, 2.75) is 33.4 Å². The number of nitro groups is 1. The molecule has 27 heavy (non-hydrogen) atoms. The summed E-state index contributed by atoms with van der Waals surface area (Å²) in [7, 11) is 0. The van der Waals surface area contributed by atoms with Crippen LogP contribution in [-0.4, -0.2) is 37.5 Å². The Morgan fingerprint density at radius 1 is 1.33 bits per heavy atom. The van der Waals surface area contributed by atoms with Crippen LogP contribution in [0.5, 0.6) is 0 Å². The third kappa shape index (κ3) is 3.43. The van der Waals surface area contributed by atoms with Crippen LogP contribution in [-0.2, 0) is 16.1 Å². The van der Waals surface area contributed by atoms with Crippen LogP contribution >= 0.6 is 0 Å². The second kappa shape index (κ2) is 7.02. The number of Topliss-reactive ketones (excluding diaryl/α,β-unsaturated/α-hetero) is 1. The maximum atomic E-state index is 12.6. The number of carbonyl (C=O) groups excluding carboxylic acids is 2. The average Bonchev–Trinajstić information content (AvgIpc) is 3.15. The van der Waals surface area contributed by atoms with E-state index in [1.165, 1.54) is 25.5 Å². The number of hydrogen-bond donors (Lipinski definition) is 1. The van der Waals surface area contributed by atoms with Crippen molar-refractivity contribution in [1.29, 1.82) is 0 Å². The molecule has 0 aliphatic rings. The first-order chi connectivity index (χ1) is 12.8. The van der Waals surface area contributed by atoms with Gasteiger partial charge in [0.1, 0.15) is 17.9 Å². The van der Waals surface area contributed by atoms with Gasteiger partial charge in [0.05, 0.1) is 4.92 Å². The fourth-order valence-corrected chi connectivity index (χ4v) is 3.01. The Morgan fingerprint density at radius 3 is 2.70 bits per heavy atom. The highest BCUT2D eigenvalue weighted by molar-refractivity contribution is 6.10. The van der Waals surface area contributed by atoms with Crippen molar-refractivity contribution in [3.05, 3.63) is 57.5 Å². The molecule has 140 valence electrons. The van der Waals surface area contributed by atoms with E-state index < -0.39 is 17.0 Å². The number of nitrogens with zero attached hydrogens (tertiary/aromatic N) is 3. The highest BCUT2D eigenvalue weighted by atomic mass is 16.6. The quantitative estimate of drug-likeness (QED) is 0.308. The second-order valence-electron chi connectivity index (χ2n) is 6.18. The van der Waals surface area contributed by atoms with Gasteiger partial charge in [0.2, 0.25) is 5.78 Å². The highest BCUT2D eigenvalue weighted by Gasteiger charge is 2.25. The van der Waals surface area contributed by atoms with Crippen LogP contribution in [0.4, 0.5) is 5.69 Å². The molecule has 0 spiro atoms. The average molecular weight is 370 g/mol. The number of hydrogen-bond acceptors (Lipinski definition) is 6. The van der Waals surface area contributed by atoms with Crippen molar-refractivity contribution in [1.82, 2.24) is 14.8 Å². The Labute approximate surface area is 154 Å². The lowest BCUT2D eigenvalue weighted by Gasteiger charge is -2.12. The zero-order chi connectivity index (χ0) is 19.7. The van der Waals surface area contributed by atoms with Crippen molar-refractivity contribution in [2.75, 3.05) is 0 Å². The van der Waals surface area contributed by atoms with E-state index in [9.17, 15) is 19.7 Å². The van der Waals surface area contributed by atoms with Gasteiger partial charge in [-0.15, -0.1) is 0 Å². The number of ketones is 1. The molecule has 9 nitrogen and oxygen atoms in total. The minimum atomic E-state index is -0.997. The summed E-state index contributed by atoms with van der Waals surface area (Å²) >= 11 is 0. The van der Waals surface area contributed by atoms with Gasteiger partial charge in [-0.3, -0.25) is 24.4 Å². The van der Waals surface area contributed by atoms with Gasteiger partial charge in [-0.05, 0) is 26.8 Å². The van der Waals surface area contributed by atoms with Gasteiger partial charge in [0.25, 0.3) is 0 Å². The number of benzene rings is 1. The summed E-state index contributed by atoms with van der Waals surface area (Å²) in [6, 6.07) is 7.32. The van der Waals surface area contributed by atoms with Crippen LogP contribution in [0.1, 0.15) is 28.7 Å². The molecule has 0 aliphatic heterocycles. The van der Waals surface area contributed by atoms with Gasteiger partial charge in [-0.1, -0.05) is 18.2 Å². The maximum absolute atomic E-state index is 12.6. The summed E-state index contributed by atoms with van der Waals surface area (Å²) in [6.07, 6.45) is 0.588. The molecule has 9 heteroatoms. The summed E-state index contributed by atoms with van der Waals surface area (Å²) in [5.41, 5.74) is 1.59. The van der Waals surface area contributed by atoms with E-state index in [0.717, 1.165) is 10.9 Å². The van der Waals surface area contributed by atoms with Crippen LogP contribution < -0.4 is 0 Å². The lowest BCUT2D eigenvalue weighted by atomic mass is 10.1. The normalized spacial score (nSPS) is 12.1. The third-order valence-corrected chi connectivity index (χ3v) is 4.34. The molecular weight excluding hydrogens is 352 g/mol. The standard InChI is InChI=1S/C18H18N4O5/c1-10-17(22(25)26)11(2)21(20-10)9-16(23)27-12(3)18(24)14-8-19-15-7-5-4-6-13(14)15/h4-8,12,19H,9H2,1-3H3/t12-/m0/s1. The predicted octanol–water partition coefficient (Wildman–Crippen LogP) is 2.70. The molecule has 0 saturated heterocycles. The fraction of sp³-hybridized carbons (Fsp3) is 0.278. The second-order valence-corrected chi connectivity index (χ2v) is 6.18. The summed E-state index contributed by atoms with van der Waals surface area (Å²) in [5.74, 6) is -1.03. The predicted molar refractivity (Wildman–Crippen MR) is 96.5 cm³/mol. The Bertz CT molecular complexity index is 1050. The number of H-pyrrole nitrogens is 1. The van der Waals surface area contributed by atoms with Crippen LogP contribution in [0, 0.1) is 24.0 Å². The van der Waals surface area contributed by atoms with Crippen LogP contribution in [0.3, 0.4) is 0 Å². The number of aromatic amines is 1. The number of nitrogens with one attached hydrogen (secondary N) is 1. The van der Waals surface area contributed by atoms with E-state index in [1.807, 2.05) is 24.3 Å². The summed E-state index contributed by atoms with van der Waals surface area (Å²) in [5, 5.41) is 15.8. The molecule has 0 unspecified atom stereocenters. The van der Waals surface area contributed by atoms with Gasteiger partial charge < -0.3 is 9.72 Å². The third-order valence-electron chi connectivity index (χ3n) is 4.34. The zero-order valence-electron chi connectivity index (χ0n) is 15.1. The Morgan fingerprint density at radius 2 is 2.04 bits per heavy atom. The van der Waals surface area contributed by atoms with Crippen molar-refractivity contribution < 1.29 is 19.2 Å². The minimum Gasteiger partial charge on any atom is -0.453 e. The number of aryl methyl sites for hydroxylation is 1. The molecule has 0 aliphatic carbocycles. The smallest absolute Gasteiger partial charge is 0.328 e. The number of rotatable bonds is 6. The van der Waals surface area contributed by atoms with Gasteiger partial charge in [-0.2, -0.15) is 5.10 Å². The van der Waals surface area contributed by atoms with E-state index in [2.05, 4.69) is 10.1 Å². The Kier molecular flexibility index (Phi) is 4.76. The number of ether oxygens (including phenoxy) is 1. The van der Waals surface area contributed by atoms with Gasteiger partial charge in [-0.25, -0.2) is 0 Å². The van der Waals surface area contributed by atoms with Crippen molar-refractivity contribution in [3.8, 4) is 0 Å².